The Morgan fingerprint density at radius 1 is 0.783 bits per heavy atom. The van der Waals surface area contributed by atoms with Gasteiger partial charge in [0.2, 0.25) is 0 Å². The standard InChI is InChI=1S/C15H11F6NO/c16-14(17,18)11-6-12(15(19,20)21)8-13(7-11)22-23-9-10-4-2-1-3-5-10/h1-8,22H,9H2. The Labute approximate surface area is 127 Å². The molecule has 8 heteroatoms. The van der Waals surface area contributed by atoms with Crippen LogP contribution in [0.1, 0.15) is 16.7 Å². The maximum Gasteiger partial charge on any atom is 0.416 e. The van der Waals surface area contributed by atoms with Crippen LogP contribution in [0.4, 0.5) is 32.0 Å². The molecule has 0 amide bonds. The molecule has 0 radical (unpaired) electrons. The van der Waals surface area contributed by atoms with Gasteiger partial charge in [-0.3, -0.25) is 10.3 Å². The molecule has 0 fully saturated rings. The molecule has 2 rings (SSSR count). The molecular weight excluding hydrogens is 324 g/mol. The maximum absolute atomic E-state index is 12.7. The summed E-state index contributed by atoms with van der Waals surface area (Å²) >= 11 is 0. The van der Waals surface area contributed by atoms with Gasteiger partial charge in [0.25, 0.3) is 0 Å². The Balaban J connectivity index is 2.17. The van der Waals surface area contributed by atoms with Crippen molar-refractivity contribution in [3.63, 3.8) is 0 Å². The molecule has 0 aliphatic carbocycles. The minimum atomic E-state index is -4.89. The molecule has 0 aliphatic rings. The molecule has 0 spiro atoms. The number of halogens is 6. The molecule has 0 heterocycles. The Bertz CT molecular complexity index is 619. The quantitative estimate of drug-likeness (QED) is 0.607. The molecule has 0 saturated heterocycles. The van der Waals surface area contributed by atoms with Gasteiger partial charge in [-0.25, -0.2) is 0 Å². The highest BCUT2D eigenvalue weighted by atomic mass is 19.4. The number of rotatable bonds is 4. The van der Waals surface area contributed by atoms with Crippen LogP contribution in [-0.2, 0) is 23.8 Å². The first kappa shape index (κ1) is 17.1. The molecule has 2 nitrogen and oxygen atoms in total. The molecule has 0 bridgehead atoms. The summed E-state index contributed by atoms with van der Waals surface area (Å²) in [5.41, 5.74) is -0.407. The molecular formula is C15H11F6NO. The predicted molar refractivity (Wildman–Crippen MR) is 71.3 cm³/mol. The summed E-state index contributed by atoms with van der Waals surface area (Å²) < 4.78 is 76.1. The van der Waals surface area contributed by atoms with E-state index in [0.29, 0.717) is 17.7 Å². The maximum atomic E-state index is 12.7. The van der Waals surface area contributed by atoms with Crippen molar-refractivity contribution in [1.82, 2.24) is 0 Å². The van der Waals surface area contributed by atoms with E-state index < -0.39 is 29.2 Å². The van der Waals surface area contributed by atoms with Crippen LogP contribution < -0.4 is 5.48 Å². The normalized spacial score (nSPS) is 12.3. The van der Waals surface area contributed by atoms with E-state index in [-0.39, 0.29) is 12.7 Å². The van der Waals surface area contributed by atoms with Gasteiger partial charge in [-0.05, 0) is 23.8 Å². The Hall–Kier alpha value is -2.22. The molecule has 0 saturated carbocycles. The zero-order chi connectivity index (χ0) is 17.1. The third kappa shape index (κ3) is 4.88. The number of hydrogen-bond acceptors (Lipinski definition) is 2. The number of alkyl halides is 6. The number of benzene rings is 2. The molecule has 124 valence electrons. The minimum absolute atomic E-state index is 0.0154. The van der Waals surface area contributed by atoms with Crippen LogP contribution >= 0.6 is 0 Å². The van der Waals surface area contributed by atoms with Crippen molar-refractivity contribution in [3.8, 4) is 0 Å². The topological polar surface area (TPSA) is 21.3 Å². The summed E-state index contributed by atoms with van der Waals surface area (Å²) in [4.78, 5) is 4.96. The third-order valence-corrected chi connectivity index (χ3v) is 2.86. The van der Waals surface area contributed by atoms with Crippen LogP contribution in [0.5, 0.6) is 0 Å². The van der Waals surface area contributed by atoms with Crippen molar-refractivity contribution in [2.45, 2.75) is 19.0 Å². The Morgan fingerprint density at radius 3 is 1.78 bits per heavy atom. The van der Waals surface area contributed by atoms with Gasteiger partial charge in [-0.1, -0.05) is 30.3 Å². The second-order valence-corrected chi connectivity index (χ2v) is 4.67. The van der Waals surface area contributed by atoms with E-state index in [1.807, 2.05) is 0 Å². The molecule has 0 atom stereocenters. The fourth-order valence-corrected chi connectivity index (χ4v) is 1.79. The van der Waals surface area contributed by atoms with Gasteiger partial charge in [0.1, 0.15) is 0 Å². The smallest absolute Gasteiger partial charge is 0.271 e. The molecule has 2 aromatic rings. The zero-order valence-electron chi connectivity index (χ0n) is 11.5. The summed E-state index contributed by atoms with van der Waals surface area (Å²) in [6.07, 6.45) is -9.78. The highest BCUT2D eigenvalue weighted by Crippen LogP contribution is 2.37. The Morgan fingerprint density at radius 2 is 1.30 bits per heavy atom. The minimum Gasteiger partial charge on any atom is -0.271 e. The summed E-state index contributed by atoms with van der Waals surface area (Å²) in [6, 6.07) is 9.79. The van der Waals surface area contributed by atoms with Gasteiger partial charge >= 0.3 is 12.4 Å². The third-order valence-electron chi connectivity index (χ3n) is 2.86. The average molecular weight is 335 g/mol. The average Bonchev–Trinajstić information content (AvgIpc) is 2.46. The monoisotopic (exact) mass is 335 g/mol. The highest BCUT2D eigenvalue weighted by Gasteiger charge is 2.36. The van der Waals surface area contributed by atoms with E-state index in [9.17, 15) is 26.3 Å². The van der Waals surface area contributed by atoms with Gasteiger partial charge in [-0.2, -0.15) is 26.3 Å². The largest absolute Gasteiger partial charge is 0.416 e. The second-order valence-electron chi connectivity index (χ2n) is 4.67. The SMILES string of the molecule is FC(F)(F)c1cc(NOCc2ccccc2)cc(C(F)(F)F)c1. The van der Waals surface area contributed by atoms with E-state index in [0.717, 1.165) is 0 Å². The first-order valence-corrected chi connectivity index (χ1v) is 6.37. The van der Waals surface area contributed by atoms with E-state index in [4.69, 9.17) is 4.84 Å². The van der Waals surface area contributed by atoms with Crippen molar-refractivity contribution >= 4 is 5.69 Å². The van der Waals surface area contributed by atoms with E-state index >= 15 is 0 Å². The predicted octanol–water partition coefficient (Wildman–Crippen LogP) is 5.27. The van der Waals surface area contributed by atoms with Crippen LogP contribution in [0.3, 0.4) is 0 Å². The van der Waals surface area contributed by atoms with E-state index in [1.54, 1.807) is 30.3 Å². The highest BCUT2D eigenvalue weighted by molar-refractivity contribution is 5.49. The number of hydrogen-bond donors (Lipinski definition) is 1. The van der Waals surface area contributed by atoms with Crippen LogP contribution in [0, 0.1) is 0 Å². The van der Waals surface area contributed by atoms with Crippen LogP contribution in [0.2, 0.25) is 0 Å². The lowest BCUT2D eigenvalue weighted by Gasteiger charge is -2.15. The van der Waals surface area contributed by atoms with Gasteiger partial charge in [0.15, 0.2) is 0 Å². The van der Waals surface area contributed by atoms with E-state index in [1.165, 1.54) is 0 Å². The van der Waals surface area contributed by atoms with Crippen LogP contribution in [0.15, 0.2) is 48.5 Å². The van der Waals surface area contributed by atoms with Gasteiger partial charge in [0, 0.05) is 0 Å². The van der Waals surface area contributed by atoms with Crippen molar-refractivity contribution in [1.29, 1.82) is 0 Å². The molecule has 0 aliphatic heterocycles. The summed E-state index contributed by atoms with van der Waals surface area (Å²) in [5, 5.41) is 0. The van der Waals surface area contributed by atoms with Gasteiger partial charge in [0.05, 0.1) is 23.4 Å². The van der Waals surface area contributed by atoms with Gasteiger partial charge < -0.3 is 0 Å². The lowest BCUT2D eigenvalue weighted by atomic mass is 10.1. The lowest BCUT2D eigenvalue weighted by molar-refractivity contribution is -0.143. The second kappa shape index (κ2) is 6.49. The van der Waals surface area contributed by atoms with Crippen LogP contribution in [0.25, 0.3) is 0 Å². The lowest BCUT2D eigenvalue weighted by Crippen LogP contribution is -2.12. The zero-order valence-corrected chi connectivity index (χ0v) is 11.5. The summed E-state index contributed by atoms with van der Waals surface area (Å²) in [5.74, 6) is 0. The number of anilines is 1. The molecule has 23 heavy (non-hydrogen) atoms. The van der Waals surface area contributed by atoms with Crippen molar-refractivity contribution in [3.05, 3.63) is 65.2 Å². The molecule has 0 aromatic heterocycles. The van der Waals surface area contributed by atoms with Crippen molar-refractivity contribution in [2.75, 3.05) is 5.48 Å². The summed E-state index contributed by atoms with van der Waals surface area (Å²) in [7, 11) is 0. The van der Waals surface area contributed by atoms with Gasteiger partial charge in [-0.15, -0.1) is 0 Å². The first-order valence-electron chi connectivity index (χ1n) is 6.37. The fraction of sp³-hybridized carbons (Fsp3) is 0.200. The van der Waals surface area contributed by atoms with Crippen LogP contribution in [-0.4, -0.2) is 0 Å². The Kier molecular flexibility index (Phi) is 4.84. The molecule has 0 unspecified atom stereocenters. The van der Waals surface area contributed by atoms with Crippen molar-refractivity contribution < 1.29 is 31.2 Å². The molecule has 1 N–H and O–H groups in total. The molecule has 2 aromatic carbocycles. The first-order chi connectivity index (χ1) is 10.7. The fourth-order valence-electron chi connectivity index (χ4n) is 1.79. The van der Waals surface area contributed by atoms with E-state index in [2.05, 4.69) is 5.48 Å². The van der Waals surface area contributed by atoms with Crippen molar-refractivity contribution in [2.24, 2.45) is 0 Å². The number of nitrogens with one attached hydrogen (secondary N) is 1. The summed E-state index contributed by atoms with van der Waals surface area (Å²) in [6.45, 7) is -0.0154.